The van der Waals surface area contributed by atoms with Crippen LogP contribution in [0.3, 0.4) is 0 Å². The standard InChI is InChI=1S/C18H22N2O2/c1-17(2)11-9-13-15(21)20(12-7-5-4-6-8-12)16(22)19-18(13,3)14(17)10-11/h4-8,11,13-14H,9-10H2,1-3H3,(H,19,22)/t11-,13+,14+,18-/m0/s1. The van der Waals surface area contributed by atoms with Gasteiger partial charge in [0.15, 0.2) is 0 Å². The van der Waals surface area contributed by atoms with Crippen LogP contribution < -0.4 is 10.2 Å². The Morgan fingerprint density at radius 1 is 1.09 bits per heavy atom. The summed E-state index contributed by atoms with van der Waals surface area (Å²) in [6.07, 6.45) is 2.00. The van der Waals surface area contributed by atoms with E-state index in [0.29, 0.717) is 17.5 Å². The van der Waals surface area contributed by atoms with Gasteiger partial charge in [-0.25, -0.2) is 9.69 Å². The summed E-state index contributed by atoms with van der Waals surface area (Å²) in [5, 5.41) is 3.18. The van der Waals surface area contributed by atoms with Gasteiger partial charge in [-0.2, -0.15) is 0 Å². The number of amides is 3. The predicted octanol–water partition coefficient (Wildman–Crippen LogP) is 3.18. The molecule has 2 bridgehead atoms. The first kappa shape index (κ1) is 13.8. The van der Waals surface area contributed by atoms with E-state index < -0.39 is 5.54 Å². The van der Waals surface area contributed by atoms with Gasteiger partial charge in [-0.15, -0.1) is 0 Å². The number of anilines is 1. The number of rotatable bonds is 1. The molecule has 3 saturated carbocycles. The zero-order valence-electron chi connectivity index (χ0n) is 13.3. The van der Waals surface area contributed by atoms with Crippen LogP contribution >= 0.6 is 0 Å². The number of hydrogen-bond donors (Lipinski definition) is 1. The van der Waals surface area contributed by atoms with Crippen LogP contribution in [-0.2, 0) is 4.79 Å². The van der Waals surface area contributed by atoms with Crippen molar-refractivity contribution in [3.8, 4) is 0 Å². The molecule has 4 nitrogen and oxygen atoms in total. The van der Waals surface area contributed by atoms with Crippen LogP contribution in [-0.4, -0.2) is 17.5 Å². The van der Waals surface area contributed by atoms with Crippen molar-refractivity contribution in [3.63, 3.8) is 0 Å². The van der Waals surface area contributed by atoms with Gasteiger partial charge in [0.25, 0.3) is 0 Å². The summed E-state index contributed by atoms with van der Waals surface area (Å²) in [7, 11) is 0. The molecule has 1 N–H and O–H groups in total. The van der Waals surface area contributed by atoms with Crippen molar-refractivity contribution >= 4 is 17.6 Å². The van der Waals surface area contributed by atoms with E-state index in [-0.39, 0.29) is 23.3 Å². The van der Waals surface area contributed by atoms with E-state index in [1.165, 1.54) is 4.90 Å². The number of nitrogens with zero attached hydrogens (tertiary/aromatic N) is 1. The molecular formula is C18H22N2O2. The summed E-state index contributed by atoms with van der Waals surface area (Å²) in [4.78, 5) is 27.0. The maximum Gasteiger partial charge on any atom is 0.329 e. The lowest BCUT2D eigenvalue weighted by Gasteiger charge is -2.68. The fraction of sp³-hybridized carbons (Fsp3) is 0.556. The van der Waals surface area contributed by atoms with Gasteiger partial charge in [0.1, 0.15) is 0 Å². The zero-order chi connectivity index (χ0) is 15.7. The molecule has 3 aliphatic carbocycles. The van der Waals surface area contributed by atoms with Crippen molar-refractivity contribution in [1.29, 1.82) is 0 Å². The minimum absolute atomic E-state index is 0.0392. The Morgan fingerprint density at radius 2 is 1.77 bits per heavy atom. The van der Waals surface area contributed by atoms with E-state index >= 15 is 0 Å². The third kappa shape index (κ3) is 1.53. The highest BCUT2D eigenvalue weighted by molar-refractivity contribution is 6.17. The van der Waals surface area contributed by atoms with Crippen LogP contribution in [0.5, 0.6) is 0 Å². The number of carbonyl (C=O) groups is 2. The Kier molecular flexibility index (Phi) is 2.58. The van der Waals surface area contributed by atoms with E-state index in [1.807, 2.05) is 30.3 Å². The molecule has 1 aromatic rings. The van der Waals surface area contributed by atoms with Gasteiger partial charge in [0.2, 0.25) is 5.91 Å². The SMILES string of the molecule is CC1(C)[C@H]2C[C@@H]3C(=O)N(c4ccccc4)C(=O)N[C@]3(C)[C@@H]1C2. The van der Waals surface area contributed by atoms with E-state index in [1.54, 1.807) is 0 Å². The van der Waals surface area contributed by atoms with Crippen molar-refractivity contribution in [3.05, 3.63) is 30.3 Å². The lowest BCUT2D eigenvalue weighted by Crippen LogP contribution is -2.77. The molecule has 0 unspecified atom stereocenters. The summed E-state index contributed by atoms with van der Waals surface area (Å²) in [5.41, 5.74) is 0.469. The lowest BCUT2D eigenvalue weighted by molar-refractivity contribution is -0.166. The third-order valence-corrected chi connectivity index (χ3v) is 6.55. The number of para-hydroxylation sites is 1. The molecule has 4 fully saturated rings. The van der Waals surface area contributed by atoms with Crippen LogP contribution in [0, 0.1) is 23.2 Å². The average molecular weight is 298 g/mol. The summed E-state index contributed by atoms with van der Waals surface area (Å²) >= 11 is 0. The van der Waals surface area contributed by atoms with Crippen LogP contribution in [0.15, 0.2) is 30.3 Å². The lowest BCUT2D eigenvalue weighted by atomic mass is 9.40. The van der Waals surface area contributed by atoms with Crippen molar-refractivity contribution in [2.24, 2.45) is 23.2 Å². The smallest absolute Gasteiger partial charge is 0.329 e. The first-order valence-corrected chi connectivity index (χ1v) is 8.07. The Balaban J connectivity index is 1.72. The molecule has 22 heavy (non-hydrogen) atoms. The molecule has 1 aliphatic heterocycles. The maximum absolute atomic E-state index is 13.0. The van der Waals surface area contributed by atoms with Gasteiger partial charge in [0.05, 0.1) is 17.1 Å². The van der Waals surface area contributed by atoms with E-state index in [0.717, 1.165) is 12.8 Å². The first-order valence-electron chi connectivity index (χ1n) is 8.07. The largest absolute Gasteiger partial charge is 0.331 e. The van der Waals surface area contributed by atoms with E-state index in [2.05, 4.69) is 26.1 Å². The third-order valence-electron chi connectivity index (χ3n) is 6.55. The quantitative estimate of drug-likeness (QED) is 0.865. The van der Waals surface area contributed by atoms with Crippen LogP contribution in [0.4, 0.5) is 10.5 Å². The van der Waals surface area contributed by atoms with Gasteiger partial charge in [-0.05, 0) is 49.1 Å². The topological polar surface area (TPSA) is 49.4 Å². The van der Waals surface area contributed by atoms with E-state index in [9.17, 15) is 9.59 Å². The van der Waals surface area contributed by atoms with Crippen LogP contribution in [0.1, 0.15) is 33.6 Å². The molecule has 0 aromatic heterocycles. The molecule has 0 radical (unpaired) electrons. The van der Waals surface area contributed by atoms with Crippen LogP contribution in [0.2, 0.25) is 0 Å². The predicted molar refractivity (Wildman–Crippen MR) is 84.3 cm³/mol. The second kappa shape index (κ2) is 4.12. The van der Waals surface area contributed by atoms with Gasteiger partial charge in [-0.3, -0.25) is 4.79 Å². The second-order valence-corrected chi connectivity index (χ2v) is 7.82. The highest BCUT2D eigenvalue weighted by atomic mass is 16.2. The fourth-order valence-electron chi connectivity index (χ4n) is 5.10. The summed E-state index contributed by atoms with van der Waals surface area (Å²) < 4.78 is 0. The molecule has 0 spiro atoms. The van der Waals surface area contributed by atoms with E-state index in [4.69, 9.17) is 0 Å². The number of benzene rings is 1. The first-order chi connectivity index (χ1) is 10.4. The Morgan fingerprint density at radius 3 is 2.41 bits per heavy atom. The fourth-order valence-corrected chi connectivity index (χ4v) is 5.10. The summed E-state index contributed by atoms with van der Waals surface area (Å²) in [6, 6.07) is 8.94. The highest BCUT2D eigenvalue weighted by Gasteiger charge is 2.67. The summed E-state index contributed by atoms with van der Waals surface area (Å²) in [6.45, 7) is 6.61. The number of nitrogens with one attached hydrogen (secondary N) is 1. The molecule has 4 atom stereocenters. The minimum atomic E-state index is -0.405. The molecule has 1 aromatic carbocycles. The molecule has 4 heteroatoms. The highest BCUT2D eigenvalue weighted by Crippen LogP contribution is 2.65. The average Bonchev–Trinajstić information content (AvgIpc) is 2.46. The van der Waals surface area contributed by atoms with Crippen molar-refractivity contribution in [2.75, 3.05) is 4.90 Å². The Bertz CT molecular complexity index is 654. The monoisotopic (exact) mass is 298 g/mol. The zero-order valence-corrected chi connectivity index (χ0v) is 13.3. The van der Waals surface area contributed by atoms with Gasteiger partial charge in [0, 0.05) is 0 Å². The number of urea groups is 1. The van der Waals surface area contributed by atoms with Crippen molar-refractivity contribution in [2.45, 2.75) is 39.2 Å². The number of imide groups is 1. The normalized spacial score (nSPS) is 38.9. The molecule has 5 rings (SSSR count). The van der Waals surface area contributed by atoms with Crippen molar-refractivity contribution < 1.29 is 9.59 Å². The number of carbonyl (C=O) groups excluding carboxylic acids is 2. The maximum atomic E-state index is 13.0. The Labute approximate surface area is 130 Å². The number of hydrogen-bond acceptors (Lipinski definition) is 2. The molecular weight excluding hydrogens is 276 g/mol. The molecule has 4 aliphatic rings. The minimum Gasteiger partial charge on any atom is -0.331 e. The van der Waals surface area contributed by atoms with Crippen LogP contribution in [0.25, 0.3) is 0 Å². The summed E-state index contributed by atoms with van der Waals surface area (Å²) in [5.74, 6) is 0.826. The van der Waals surface area contributed by atoms with Gasteiger partial charge >= 0.3 is 6.03 Å². The second-order valence-electron chi connectivity index (χ2n) is 7.82. The molecule has 116 valence electrons. The molecule has 1 heterocycles. The van der Waals surface area contributed by atoms with Gasteiger partial charge in [-0.1, -0.05) is 32.0 Å². The Hall–Kier alpha value is -1.84. The molecule has 1 saturated heterocycles. The molecule has 3 amide bonds. The van der Waals surface area contributed by atoms with Crippen molar-refractivity contribution in [1.82, 2.24) is 5.32 Å². The van der Waals surface area contributed by atoms with Gasteiger partial charge < -0.3 is 5.32 Å².